The van der Waals surface area contributed by atoms with Crippen molar-refractivity contribution in [3.8, 4) is 0 Å². The molecule has 1 saturated carbocycles. The first-order valence-electron chi connectivity index (χ1n) is 7.39. The normalized spacial score (nSPS) is 24.6. The van der Waals surface area contributed by atoms with E-state index >= 15 is 0 Å². The van der Waals surface area contributed by atoms with Gasteiger partial charge in [0.1, 0.15) is 0 Å². The van der Waals surface area contributed by atoms with E-state index in [1.807, 2.05) is 6.92 Å². The maximum atomic E-state index is 11.3. The summed E-state index contributed by atoms with van der Waals surface area (Å²) >= 11 is 1.72. The molecule has 1 aromatic rings. The summed E-state index contributed by atoms with van der Waals surface area (Å²) in [6, 6.07) is 0.191. The predicted octanol–water partition coefficient (Wildman–Crippen LogP) is 3.30. The molecule has 1 heterocycles. The van der Waals surface area contributed by atoms with Crippen molar-refractivity contribution in [1.29, 1.82) is 0 Å². The molecule has 0 saturated heterocycles. The Labute approximate surface area is 124 Å². The number of aryl methyl sites for hydroxylation is 2. The average molecular weight is 296 g/mol. The Hall–Kier alpha value is -0.940. The molecule has 0 radical (unpaired) electrons. The molecule has 0 spiro atoms. The van der Waals surface area contributed by atoms with Crippen LogP contribution in [0.15, 0.2) is 0 Å². The van der Waals surface area contributed by atoms with E-state index in [1.54, 1.807) is 11.3 Å². The van der Waals surface area contributed by atoms with Crippen LogP contribution in [0.4, 0.5) is 0 Å². The number of carbonyl (C=O) groups is 1. The molecule has 0 aromatic carbocycles. The summed E-state index contributed by atoms with van der Waals surface area (Å²) in [5.74, 6) is -0.560. The number of rotatable bonds is 5. The summed E-state index contributed by atoms with van der Waals surface area (Å²) in [6.45, 7) is 7.00. The molecule has 5 heteroatoms. The Morgan fingerprint density at radius 3 is 2.75 bits per heavy atom. The van der Waals surface area contributed by atoms with Gasteiger partial charge in [0.05, 0.1) is 16.6 Å². The highest BCUT2D eigenvalue weighted by Gasteiger charge is 2.30. The first-order chi connectivity index (χ1) is 9.49. The molecule has 1 aliphatic rings. The lowest BCUT2D eigenvalue weighted by Gasteiger charge is -2.29. The molecule has 1 fully saturated rings. The first-order valence-corrected chi connectivity index (χ1v) is 8.20. The van der Waals surface area contributed by atoms with Crippen LogP contribution in [-0.2, 0) is 4.79 Å². The Morgan fingerprint density at radius 1 is 1.45 bits per heavy atom. The Morgan fingerprint density at radius 2 is 2.15 bits per heavy atom. The van der Waals surface area contributed by atoms with E-state index in [1.165, 1.54) is 4.88 Å². The quantitative estimate of drug-likeness (QED) is 0.875. The van der Waals surface area contributed by atoms with Gasteiger partial charge < -0.3 is 10.4 Å². The van der Waals surface area contributed by atoms with Gasteiger partial charge in [0, 0.05) is 10.9 Å². The molecular weight excluding hydrogens is 272 g/mol. The van der Waals surface area contributed by atoms with Crippen LogP contribution < -0.4 is 5.32 Å². The van der Waals surface area contributed by atoms with Gasteiger partial charge in [-0.15, -0.1) is 11.3 Å². The number of thiazole rings is 1. The van der Waals surface area contributed by atoms with Gasteiger partial charge >= 0.3 is 5.97 Å². The summed E-state index contributed by atoms with van der Waals surface area (Å²) in [4.78, 5) is 17.1. The van der Waals surface area contributed by atoms with Crippen LogP contribution in [0, 0.1) is 25.7 Å². The van der Waals surface area contributed by atoms with Crippen molar-refractivity contribution in [1.82, 2.24) is 10.3 Å². The Kier molecular flexibility index (Phi) is 5.16. The van der Waals surface area contributed by atoms with Gasteiger partial charge in [-0.1, -0.05) is 12.8 Å². The van der Waals surface area contributed by atoms with E-state index in [9.17, 15) is 9.90 Å². The van der Waals surface area contributed by atoms with E-state index in [4.69, 9.17) is 0 Å². The van der Waals surface area contributed by atoms with Crippen LogP contribution in [0.1, 0.15) is 54.2 Å². The van der Waals surface area contributed by atoms with Crippen LogP contribution in [0.2, 0.25) is 0 Å². The number of carboxylic acid groups (broad SMARTS) is 1. The van der Waals surface area contributed by atoms with Crippen molar-refractivity contribution in [3.63, 3.8) is 0 Å². The third kappa shape index (κ3) is 3.58. The predicted molar refractivity (Wildman–Crippen MR) is 81.1 cm³/mol. The molecule has 3 atom stereocenters. The maximum Gasteiger partial charge on any atom is 0.306 e. The van der Waals surface area contributed by atoms with Crippen LogP contribution in [-0.4, -0.2) is 22.6 Å². The summed E-state index contributed by atoms with van der Waals surface area (Å²) in [5, 5.41) is 13.9. The standard InChI is InChI=1S/C15H24N2O2S/c1-9(14-10(2)20-11(3)17-14)16-8-12-6-4-5-7-13(12)15(18)19/h9,12-13,16H,4-8H2,1-3H3,(H,18,19). The number of nitrogens with zero attached hydrogens (tertiary/aromatic N) is 1. The lowest BCUT2D eigenvalue weighted by atomic mass is 9.79. The van der Waals surface area contributed by atoms with Gasteiger partial charge in [0.15, 0.2) is 0 Å². The van der Waals surface area contributed by atoms with Crippen molar-refractivity contribution in [2.24, 2.45) is 11.8 Å². The fraction of sp³-hybridized carbons (Fsp3) is 0.733. The third-order valence-electron chi connectivity index (χ3n) is 4.26. The molecule has 0 amide bonds. The van der Waals surface area contributed by atoms with E-state index in [2.05, 4.69) is 24.1 Å². The van der Waals surface area contributed by atoms with Crippen LogP contribution >= 0.6 is 11.3 Å². The lowest BCUT2D eigenvalue weighted by Crippen LogP contribution is -2.35. The summed E-state index contributed by atoms with van der Waals surface area (Å²) in [7, 11) is 0. The molecule has 20 heavy (non-hydrogen) atoms. The number of hydrogen-bond donors (Lipinski definition) is 2. The highest BCUT2D eigenvalue weighted by molar-refractivity contribution is 7.11. The minimum Gasteiger partial charge on any atom is -0.481 e. The van der Waals surface area contributed by atoms with E-state index in [0.717, 1.165) is 42.9 Å². The average Bonchev–Trinajstić information content (AvgIpc) is 2.75. The topological polar surface area (TPSA) is 62.2 Å². The zero-order valence-corrected chi connectivity index (χ0v) is 13.3. The van der Waals surface area contributed by atoms with E-state index in [0.29, 0.717) is 0 Å². The molecule has 3 unspecified atom stereocenters. The van der Waals surface area contributed by atoms with Crippen molar-refractivity contribution in [3.05, 3.63) is 15.6 Å². The molecule has 2 rings (SSSR count). The first kappa shape index (κ1) is 15.4. The number of aromatic nitrogens is 1. The molecule has 1 aromatic heterocycles. The number of nitrogens with one attached hydrogen (secondary N) is 1. The molecule has 0 aliphatic heterocycles. The SMILES string of the molecule is Cc1nc(C(C)NCC2CCCCC2C(=O)O)c(C)s1. The lowest BCUT2D eigenvalue weighted by molar-refractivity contribution is -0.144. The maximum absolute atomic E-state index is 11.3. The van der Waals surface area contributed by atoms with Crippen LogP contribution in [0.25, 0.3) is 0 Å². The third-order valence-corrected chi connectivity index (χ3v) is 5.16. The second-order valence-corrected chi connectivity index (χ2v) is 7.20. The van der Waals surface area contributed by atoms with Crippen molar-refractivity contribution < 1.29 is 9.90 Å². The summed E-state index contributed by atoms with van der Waals surface area (Å²) in [5.41, 5.74) is 1.11. The van der Waals surface area contributed by atoms with E-state index in [-0.39, 0.29) is 17.9 Å². The molecule has 4 nitrogen and oxygen atoms in total. The largest absolute Gasteiger partial charge is 0.481 e. The summed E-state index contributed by atoms with van der Waals surface area (Å²) in [6.07, 6.45) is 4.05. The molecule has 1 aliphatic carbocycles. The second kappa shape index (κ2) is 6.68. The van der Waals surface area contributed by atoms with Crippen molar-refractivity contribution in [2.75, 3.05) is 6.54 Å². The van der Waals surface area contributed by atoms with Gasteiger partial charge in [-0.25, -0.2) is 4.98 Å². The van der Waals surface area contributed by atoms with Gasteiger partial charge in [-0.3, -0.25) is 4.79 Å². The Balaban J connectivity index is 1.93. The Bertz CT molecular complexity index is 472. The molecule has 112 valence electrons. The fourth-order valence-corrected chi connectivity index (χ4v) is 4.06. The number of hydrogen-bond acceptors (Lipinski definition) is 4. The van der Waals surface area contributed by atoms with Gasteiger partial charge in [-0.2, -0.15) is 0 Å². The van der Waals surface area contributed by atoms with Gasteiger partial charge in [0.2, 0.25) is 0 Å². The monoisotopic (exact) mass is 296 g/mol. The van der Waals surface area contributed by atoms with E-state index < -0.39 is 5.97 Å². The molecule has 0 bridgehead atoms. The van der Waals surface area contributed by atoms with Crippen molar-refractivity contribution >= 4 is 17.3 Å². The fourth-order valence-electron chi connectivity index (χ4n) is 3.15. The summed E-state index contributed by atoms with van der Waals surface area (Å²) < 4.78 is 0. The number of aliphatic carboxylic acids is 1. The zero-order chi connectivity index (χ0) is 14.7. The highest BCUT2D eigenvalue weighted by Crippen LogP contribution is 2.30. The number of carboxylic acids is 1. The zero-order valence-electron chi connectivity index (χ0n) is 12.5. The molecular formula is C15H24N2O2S. The highest BCUT2D eigenvalue weighted by atomic mass is 32.1. The smallest absolute Gasteiger partial charge is 0.306 e. The van der Waals surface area contributed by atoms with Crippen LogP contribution in [0.3, 0.4) is 0 Å². The van der Waals surface area contributed by atoms with Crippen molar-refractivity contribution in [2.45, 2.75) is 52.5 Å². The molecule has 2 N–H and O–H groups in total. The van der Waals surface area contributed by atoms with Crippen LogP contribution in [0.5, 0.6) is 0 Å². The minimum absolute atomic E-state index is 0.179. The minimum atomic E-state index is -0.634. The van der Waals surface area contributed by atoms with Gasteiger partial charge in [0.25, 0.3) is 0 Å². The van der Waals surface area contributed by atoms with Gasteiger partial charge in [-0.05, 0) is 46.1 Å². The second-order valence-electron chi connectivity index (χ2n) is 5.79.